The SMILES string of the molecule is Nc1nc2[nH]c(N(CCO)CCO)cc2o1. The number of rotatable bonds is 5. The highest BCUT2D eigenvalue weighted by atomic mass is 16.4. The molecule has 2 rings (SSSR count). The molecule has 2 heterocycles. The Morgan fingerprint density at radius 3 is 2.62 bits per heavy atom. The van der Waals surface area contributed by atoms with Gasteiger partial charge in [-0.05, 0) is 0 Å². The van der Waals surface area contributed by atoms with Crippen LogP contribution in [-0.4, -0.2) is 46.5 Å². The number of H-pyrrole nitrogens is 1. The second-order valence-corrected chi connectivity index (χ2v) is 3.35. The summed E-state index contributed by atoms with van der Waals surface area (Å²) in [5.74, 6) is 0.740. The van der Waals surface area contributed by atoms with E-state index < -0.39 is 0 Å². The summed E-state index contributed by atoms with van der Waals surface area (Å²) in [5, 5.41) is 17.8. The molecule has 16 heavy (non-hydrogen) atoms. The lowest BCUT2D eigenvalue weighted by Gasteiger charge is -2.20. The van der Waals surface area contributed by atoms with E-state index in [-0.39, 0.29) is 19.2 Å². The number of aromatic nitrogens is 2. The molecule has 0 atom stereocenters. The van der Waals surface area contributed by atoms with Gasteiger partial charge < -0.3 is 30.2 Å². The molecule has 0 fully saturated rings. The number of aliphatic hydroxyl groups is 2. The molecule has 0 aromatic carbocycles. The maximum Gasteiger partial charge on any atom is 0.294 e. The Hall–Kier alpha value is -1.73. The van der Waals surface area contributed by atoms with Gasteiger partial charge in [0.1, 0.15) is 5.82 Å². The fraction of sp³-hybridized carbons (Fsp3) is 0.444. The van der Waals surface area contributed by atoms with Gasteiger partial charge in [-0.25, -0.2) is 0 Å². The highest BCUT2D eigenvalue weighted by Gasteiger charge is 2.12. The Bertz CT molecular complexity index is 427. The fourth-order valence-electron chi connectivity index (χ4n) is 1.58. The third kappa shape index (κ3) is 1.95. The molecular weight excluding hydrogens is 212 g/mol. The summed E-state index contributed by atoms with van der Waals surface area (Å²) < 4.78 is 5.14. The molecule has 0 aliphatic carbocycles. The molecule has 0 saturated carbocycles. The van der Waals surface area contributed by atoms with Gasteiger partial charge in [0.05, 0.1) is 13.2 Å². The summed E-state index contributed by atoms with van der Waals surface area (Å²) >= 11 is 0. The topological polar surface area (TPSA) is 112 Å². The number of hydrogen-bond acceptors (Lipinski definition) is 6. The van der Waals surface area contributed by atoms with Gasteiger partial charge in [-0.3, -0.25) is 0 Å². The number of nitrogens with two attached hydrogens (primary N) is 1. The Morgan fingerprint density at radius 1 is 1.38 bits per heavy atom. The summed E-state index contributed by atoms with van der Waals surface area (Å²) in [6.45, 7) is 0.879. The predicted octanol–water partition coefficient (Wildman–Crippen LogP) is -0.471. The van der Waals surface area contributed by atoms with E-state index in [1.54, 1.807) is 11.0 Å². The summed E-state index contributed by atoms with van der Waals surface area (Å²) in [7, 11) is 0. The zero-order valence-corrected chi connectivity index (χ0v) is 8.68. The number of anilines is 2. The second kappa shape index (κ2) is 4.42. The minimum Gasteiger partial charge on any atom is -0.422 e. The molecule has 0 saturated heterocycles. The van der Waals surface area contributed by atoms with Crippen molar-refractivity contribution in [1.29, 1.82) is 0 Å². The molecule has 7 heteroatoms. The van der Waals surface area contributed by atoms with Crippen molar-refractivity contribution in [3.63, 3.8) is 0 Å². The van der Waals surface area contributed by atoms with E-state index in [9.17, 15) is 0 Å². The average molecular weight is 226 g/mol. The lowest BCUT2D eigenvalue weighted by Crippen LogP contribution is -2.29. The maximum absolute atomic E-state index is 8.90. The number of aliphatic hydroxyl groups excluding tert-OH is 2. The largest absolute Gasteiger partial charge is 0.422 e. The van der Waals surface area contributed by atoms with Crippen LogP contribution in [0.2, 0.25) is 0 Å². The minimum absolute atomic E-state index is 0.00987. The smallest absolute Gasteiger partial charge is 0.294 e. The number of nitrogen functional groups attached to an aromatic ring is 1. The molecular formula is C9H14N4O3. The first-order valence-electron chi connectivity index (χ1n) is 4.96. The Balaban J connectivity index is 2.25. The van der Waals surface area contributed by atoms with Crippen molar-refractivity contribution in [2.24, 2.45) is 0 Å². The first kappa shape index (κ1) is 10.8. The number of nitrogens with zero attached hydrogens (tertiary/aromatic N) is 2. The van der Waals surface area contributed by atoms with Crippen LogP contribution >= 0.6 is 0 Å². The van der Waals surface area contributed by atoms with Crippen molar-refractivity contribution in [3.05, 3.63) is 6.07 Å². The van der Waals surface area contributed by atoms with Gasteiger partial charge >= 0.3 is 0 Å². The van der Waals surface area contributed by atoms with Gasteiger partial charge in [0.25, 0.3) is 6.01 Å². The normalized spacial score (nSPS) is 11.1. The Morgan fingerprint density at radius 2 is 2.06 bits per heavy atom. The Kier molecular flexibility index (Phi) is 2.97. The molecule has 7 nitrogen and oxygen atoms in total. The fourth-order valence-corrected chi connectivity index (χ4v) is 1.58. The van der Waals surface area contributed by atoms with Crippen molar-refractivity contribution < 1.29 is 14.6 Å². The number of hydrogen-bond donors (Lipinski definition) is 4. The van der Waals surface area contributed by atoms with E-state index in [4.69, 9.17) is 20.4 Å². The minimum atomic E-state index is 0.00987. The summed E-state index contributed by atoms with van der Waals surface area (Å²) in [6.07, 6.45) is 0. The summed E-state index contributed by atoms with van der Waals surface area (Å²) in [4.78, 5) is 8.74. The lowest BCUT2D eigenvalue weighted by molar-refractivity contribution is 0.280. The molecule has 0 bridgehead atoms. The average Bonchev–Trinajstić information content (AvgIpc) is 2.74. The van der Waals surface area contributed by atoms with Gasteiger partial charge in [0.2, 0.25) is 0 Å². The number of oxazole rings is 1. The van der Waals surface area contributed by atoms with Crippen LogP contribution in [0.15, 0.2) is 10.5 Å². The molecule has 0 aliphatic heterocycles. The quantitative estimate of drug-likeness (QED) is 0.548. The van der Waals surface area contributed by atoms with Crippen LogP contribution in [-0.2, 0) is 0 Å². The lowest BCUT2D eigenvalue weighted by atomic mass is 10.4. The molecule has 0 aliphatic rings. The second-order valence-electron chi connectivity index (χ2n) is 3.35. The molecule has 2 aromatic rings. The van der Waals surface area contributed by atoms with Gasteiger partial charge in [0.15, 0.2) is 11.2 Å². The highest BCUT2D eigenvalue weighted by Crippen LogP contribution is 2.22. The zero-order chi connectivity index (χ0) is 11.5. The monoisotopic (exact) mass is 226 g/mol. The predicted molar refractivity (Wildman–Crippen MR) is 59.2 cm³/mol. The van der Waals surface area contributed by atoms with Crippen LogP contribution in [0.3, 0.4) is 0 Å². The van der Waals surface area contributed by atoms with Gasteiger partial charge in [0, 0.05) is 19.2 Å². The third-order valence-corrected chi connectivity index (χ3v) is 2.26. The van der Waals surface area contributed by atoms with E-state index in [0.717, 1.165) is 5.82 Å². The summed E-state index contributed by atoms with van der Waals surface area (Å²) in [5.41, 5.74) is 6.51. The van der Waals surface area contributed by atoms with Crippen LogP contribution in [0.25, 0.3) is 11.2 Å². The molecule has 0 radical (unpaired) electrons. The van der Waals surface area contributed by atoms with Crippen molar-refractivity contribution in [3.8, 4) is 0 Å². The maximum atomic E-state index is 8.90. The van der Waals surface area contributed by atoms with E-state index in [1.807, 2.05) is 0 Å². The zero-order valence-electron chi connectivity index (χ0n) is 8.68. The highest BCUT2D eigenvalue weighted by molar-refractivity contribution is 5.76. The molecule has 0 spiro atoms. The van der Waals surface area contributed by atoms with Crippen molar-refractivity contribution >= 4 is 23.1 Å². The summed E-state index contributed by atoms with van der Waals surface area (Å²) in [6, 6.07) is 1.85. The Labute approximate surface area is 91.5 Å². The molecule has 88 valence electrons. The molecule has 2 aromatic heterocycles. The van der Waals surface area contributed by atoms with Crippen molar-refractivity contribution in [2.45, 2.75) is 0 Å². The third-order valence-electron chi connectivity index (χ3n) is 2.26. The van der Waals surface area contributed by atoms with E-state index in [0.29, 0.717) is 24.3 Å². The number of nitrogens with one attached hydrogen (secondary N) is 1. The van der Waals surface area contributed by atoms with Crippen molar-refractivity contribution in [1.82, 2.24) is 9.97 Å². The molecule has 5 N–H and O–H groups in total. The van der Waals surface area contributed by atoms with Crippen LogP contribution in [0.5, 0.6) is 0 Å². The molecule has 0 unspecified atom stereocenters. The molecule has 0 amide bonds. The number of fused-ring (bicyclic) bond motifs is 1. The van der Waals surface area contributed by atoms with E-state index >= 15 is 0 Å². The van der Waals surface area contributed by atoms with E-state index in [2.05, 4.69) is 9.97 Å². The van der Waals surface area contributed by atoms with E-state index in [1.165, 1.54) is 0 Å². The van der Waals surface area contributed by atoms with Gasteiger partial charge in [-0.2, -0.15) is 4.98 Å². The van der Waals surface area contributed by atoms with Crippen LogP contribution in [0.1, 0.15) is 0 Å². The first-order chi connectivity index (χ1) is 7.74. The van der Waals surface area contributed by atoms with Crippen LogP contribution in [0, 0.1) is 0 Å². The van der Waals surface area contributed by atoms with Gasteiger partial charge in [-0.15, -0.1) is 0 Å². The van der Waals surface area contributed by atoms with Gasteiger partial charge in [-0.1, -0.05) is 0 Å². The standard InChI is InChI=1S/C9H14N4O3/c10-9-12-8-6(16-9)5-7(11-8)13(1-3-14)2-4-15/h5,11,14-15H,1-4H2,(H2,10,12). The van der Waals surface area contributed by atoms with Crippen LogP contribution < -0.4 is 10.6 Å². The van der Waals surface area contributed by atoms with Crippen LogP contribution in [0.4, 0.5) is 11.8 Å². The number of aromatic amines is 1. The first-order valence-corrected chi connectivity index (χ1v) is 4.96. The van der Waals surface area contributed by atoms with Crippen molar-refractivity contribution in [2.75, 3.05) is 36.9 Å².